The summed E-state index contributed by atoms with van der Waals surface area (Å²) in [5.41, 5.74) is 1.09. The molecule has 16 heavy (non-hydrogen) atoms. The molecule has 0 N–H and O–H groups in total. The van der Waals surface area contributed by atoms with E-state index in [0.717, 1.165) is 35.1 Å². The van der Waals surface area contributed by atoms with Gasteiger partial charge < -0.3 is 4.74 Å². The van der Waals surface area contributed by atoms with E-state index < -0.39 is 0 Å². The molecule has 0 aliphatic carbocycles. The lowest BCUT2D eigenvalue weighted by Crippen LogP contribution is -2.13. The number of hydrogen-bond donors (Lipinski definition) is 1. The Morgan fingerprint density at radius 2 is 2.19 bits per heavy atom. The molecule has 1 aromatic rings. The van der Waals surface area contributed by atoms with Crippen LogP contribution in [0.15, 0.2) is 18.2 Å². The number of rotatable bonds is 6. The molecule has 1 atom stereocenters. The van der Waals surface area contributed by atoms with E-state index in [1.807, 2.05) is 25.1 Å². The molecule has 0 bridgehead atoms. The molecule has 0 fully saturated rings. The Labute approximate surface area is 109 Å². The van der Waals surface area contributed by atoms with Gasteiger partial charge in [0.25, 0.3) is 0 Å². The smallest absolute Gasteiger partial charge is 0.122 e. The maximum absolute atomic E-state index is 5.89. The summed E-state index contributed by atoms with van der Waals surface area (Å²) < 4.78 is 5.79. The molecule has 0 aromatic heterocycles. The third kappa shape index (κ3) is 4.26. The number of aryl methyl sites for hydroxylation is 1. The summed E-state index contributed by atoms with van der Waals surface area (Å²) >= 11 is 10.2. The molecular formula is C13H19ClOS. The van der Waals surface area contributed by atoms with Crippen molar-refractivity contribution in [2.75, 3.05) is 12.4 Å². The van der Waals surface area contributed by atoms with Crippen molar-refractivity contribution in [1.82, 2.24) is 0 Å². The number of ether oxygens (including phenoxy) is 1. The summed E-state index contributed by atoms with van der Waals surface area (Å²) in [5.74, 6) is 2.33. The predicted molar refractivity (Wildman–Crippen MR) is 73.9 cm³/mol. The molecule has 3 heteroatoms. The zero-order valence-corrected chi connectivity index (χ0v) is 11.5. The van der Waals surface area contributed by atoms with Crippen LogP contribution < -0.4 is 4.74 Å². The van der Waals surface area contributed by atoms with Crippen LogP contribution in [0.2, 0.25) is 5.02 Å². The first-order valence-electron chi connectivity index (χ1n) is 5.67. The van der Waals surface area contributed by atoms with Crippen LogP contribution in [-0.2, 0) is 0 Å². The van der Waals surface area contributed by atoms with Gasteiger partial charge in [0.2, 0.25) is 0 Å². The molecular weight excluding hydrogens is 240 g/mol. The molecule has 1 rings (SSSR count). The highest BCUT2D eigenvalue weighted by Crippen LogP contribution is 2.22. The number of halogens is 1. The van der Waals surface area contributed by atoms with Crippen LogP contribution in [-0.4, -0.2) is 12.4 Å². The molecule has 0 amide bonds. The average molecular weight is 259 g/mol. The fourth-order valence-corrected chi connectivity index (χ4v) is 2.13. The van der Waals surface area contributed by atoms with Crippen molar-refractivity contribution in [3.63, 3.8) is 0 Å². The van der Waals surface area contributed by atoms with Crippen molar-refractivity contribution >= 4 is 24.2 Å². The van der Waals surface area contributed by atoms with Crippen LogP contribution in [0, 0.1) is 12.8 Å². The van der Waals surface area contributed by atoms with Crippen molar-refractivity contribution in [3.05, 3.63) is 28.8 Å². The minimum absolute atomic E-state index is 0.531. The molecule has 1 unspecified atom stereocenters. The van der Waals surface area contributed by atoms with Gasteiger partial charge in [-0.3, -0.25) is 0 Å². The predicted octanol–water partition coefficient (Wildman–Crippen LogP) is 4.37. The van der Waals surface area contributed by atoms with E-state index in [9.17, 15) is 0 Å². The quantitative estimate of drug-likeness (QED) is 0.746. The number of benzene rings is 1. The minimum Gasteiger partial charge on any atom is -0.493 e. The zero-order valence-electron chi connectivity index (χ0n) is 9.87. The van der Waals surface area contributed by atoms with Gasteiger partial charge in [-0.1, -0.05) is 24.9 Å². The van der Waals surface area contributed by atoms with E-state index >= 15 is 0 Å². The van der Waals surface area contributed by atoms with E-state index in [4.69, 9.17) is 16.3 Å². The monoisotopic (exact) mass is 258 g/mol. The highest BCUT2D eigenvalue weighted by Gasteiger charge is 2.07. The Bertz CT molecular complexity index is 328. The third-order valence-electron chi connectivity index (χ3n) is 2.57. The van der Waals surface area contributed by atoms with Gasteiger partial charge in [-0.25, -0.2) is 0 Å². The van der Waals surface area contributed by atoms with Crippen LogP contribution >= 0.6 is 24.2 Å². The van der Waals surface area contributed by atoms with E-state index in [2.05, 4.69) is 19.6 Å². The maximum Gasteiger partial charge on any atom is 0.122 e. The molecule has 0 saturated carbocycles. The second-order valence-electron chi connectivity index (χ2n) is 4.06. The zero-order chi connectivity index (χ0) is 12.0. The molecule has 90 valence electrons. The summed E-state index contributed by atoms with van der Waals surface area (Å²) in [6.07, 6.45) is 2.34. The van der Waals surface area contributed by atoms with Gasteiger partial charge in [0.05, 0.1) is 6.61 Å². The lowest BCUT2D eigenvalue weighted by atomic mass is 10.1. The fraction of sp³-hybridized carbons (Fsp3) is 0.538. The fourth-order valence-electron chi connectivity index (χ4n) is 1.62. The second-order valence-corrected chi connectivity index (χ2v) is 4.86. The highest BCUT2D eigenvalue weighted by molar-refractivity contribution is 7.80. The summed E-state index contributed by atoms with van der Waals surface area (Å²) in [5, 5.41) is 0.754. The van der Waals surface area contributed by atoms with Crippen LogP contribution in [0.5, 0.6) is 5.75 Å². The summed E-state index contributed by atoms with van der Waals surface area (Å²) in [4.78, 5) is 0. The van der Waals surface area contributed by atoms with Gasteiger partial charge in [-0.05, 0) is 42.9 Å². The van der Waals surface area contributed by atoms with Gasteiger partial charge in [0.1, 0.15) is 5.75 Å². The standard InChI is InChI=1S/C13H19ClOS/c1-3-4-11(9-16)8-15-13-6-5-12(14)7-10(13)2/h5-7,11,16H,3-4,8-9H2,1-2H3. The van der Waals surface area contributed by atoms with E-state index in [-0.39, 0.29) is 0 Å². The van der Waals surface area contributed by atoms with Gasteiger partial charge in [0, 0.05) is 10.9 Å². The Kier molecular flexibility index (Phi) is 6.07. The maximum atomic E-state index is 5.89. The largest absolute Gasteiger partial charge is 0.493 e. The molecule has 0 spiro atoms. The van der Waals surface area contributed by atoms with Crippen molar-refractivity contribution < 1.29 is 4.74 Å². The van der Waals surface area contributed by atoms with Gasteiger partial charge in [0.15, 0.2) is 0 Å². The van der Waals surface area contributed by atoms with Gasteiger partial charge in [-0.15, -0.1) is 0 Å². The molecule has 0 aliphatic rings. The molecule has 1 aromatic carbocycles. The normalized spacial score (nSPS) is 12.5. The van der Waals surface area contributed by atoms with Crippen LogP contribution in [0.25, 0.3) is 0 Å². The van der Waals surface area contributed by atoms with E-state index in [1.165, 1.54) is 6.42 Å². The van der Waals surface area contributed by atoms with Gasteiger partial charge in [-0.2, -0.15) is 12.6 Å². The van der Waals surface area contributed by atoms with E-state index in [1.54, 1.807) is 0 Å². The average Bonchev–Trinajstić information content (AvgIpc) is 2.26. The lowest BCUT2D eigenvalue weighted by Gasteiger charge is -2.15. The first kappa shape index (κ1) is 13.7. The summed E-state index contributed by atoms with van der Waals surface area (Å²) in [6, 6.07) is 5.71. The Morgan fingerprint density at radius 3 is 2.75 bits per heavy atom. The summed E-state index contributed by atoms with van der Waals surface area (Å²) in [6.45, 7) is 4.93. The molecule has 0 heterocycles. The molecule has 0 radical (unpaired) electrons. The Hall–Kier alpha value is -0.340. The Balaban J connectivity index is 2.53. The summed E-state index contributed by atoms with van der Waals surface area (Å²) in [7, 11) is 0. The van der Waals surface area contributed by atoms with Crippen LogP contribution in [0.4, 0.5) is 0 Å². The van der Waals surface area contributed by atoms with E-state index in [0.29, 0.717) is 5.92 Å². The SMILES string of the molecule is CCCC(CS)COc1ccc(Cl)cc1C. The van der Waals surface area contributed by atoms with Crippen LogP contribution in [0.3, 0.4) is 0 Å². The van der Waals surface area contributed by atoms with Gasteiger partial charge >= 0.3 is 0 Å². The highest BCUT2D eigenvalue weighted by atomic mass is 35.5. The van der Waals surface area contributed by atoms with Crippen molar-refractivity contribution in [3.8, 4) is 5.75 Å². The molecule has 1 nitrogen and oxygen atoms in total. The van der Waals surface area contributed by atoms with Crippen molar-refractivity contribution in [2.45, 2.75) is 26.7 Å². The van der Waals surface area contributed by atoms with Crippen molar-refractivity contribution in [1.29, 1.82) is 0 Å². The van der Waals surface area contributed by atoms with Crippen LogP contribution in [0.1, 0.15) is 25.3 Å². The lowest BCUT2D eigenvalue weighted by molar-refractivity contribution is 0.253. The molecule has 0 aliphatic heterocycles. The Morgan fingerprint density at radius 1 is 1.44 bits per heavy atom. The first-order valence-corrected chi connectivity index (χ1v) is 6.68. The number of thiol groups is 1. The minimum atomic E-state index is 0.531. The molecule has 0 saturated heterocycles. The van der Waals surface area contributed by atoms with Crippen molar-refractivity contribution in [2.24, 2.45) is 5.92 Å². The first-order chi connectivity index (χ1) is 7.67. The second kappa shape index (κ2) is 7.08. The third-order valence-corrected chi connectivity index (χ3v) is 3.32. The number of hydrogen-bond acceptors (Lipinski definition) is 2. The topological polar surface area (TPSA) is 9.23 Å².